The predicted molar refractivity (Wildman–Crippen MR) is 89.5 cm³/mol. The number of hydrogen-bond donors (Lipinski definition) is 1. The molecule has 0 amide bonds. The van der Waals surface area contributed by atoms with Crippen LogP contribution in [0.15, 0.2) is 24.3 Å². The number of aromatic nitrogens is 2. The van der Waals surface area contributed by atoms with Crippen LogP contribution in [-0.4, -0.2) is 23.3 Å². The van der Waals surface area contributed by atoms with Gasteiger partial charge in [-0.1, -0.05) is 30.4 Å². The van der Waals surface area contributed by atoms with Crippen LogP contribution in [-0.2, 0) is 6.42 Å². The van der Waals surface area contributed by atoms with Crippen LogP contribution in [0.25, 0.3) is 10.6 Å². The second-order valence-electron chi connectivity index (χ2n) is 4.36. The Hall–Kier alpha value is -0.530. The topological polar surface area (TPSA) is 37.8 Å². The molecule has 2 rings (SSSR count). The summed E-state index contributed by atoms with van der Waals surface area (Å²) in [5.74, 6) is 0. The van der Waals surface area contributed by atoms with Gasteiger partial charge >= 0.3 is 0 Å². The lowest BCUT2D eigenvalue weighted by Crippen LogP contribution is -2.16. The van der Waals surface area contributed by atoms with Crippen LogP contribution < -0.4 is 5.32 Å². The molecule has 0 saturated carbocycles. The Morgan fingerprint density at radius 2 is 2.16 bits per heavy atom. The summed E-state index contributed by atoms with van der Waals surface area (Å²) in [6.07, 6.45) is 3.33. The third-order valence-electron chi connectivity index (χ3n) is 2.71. The number of aryl methyl sites for hydroxylation is 1. The van der Waals surface area contributed by atoms with Gasteiger partial charge in [0.1, 0.15) is 10.0 Å². The smallest absolute Gasteiger partial charge is 0.147 e. The fourth-order valence-corrected chi connectivity index (χ4v) is 3.18. The molecule has 0 atom stereocenters. The molecule has 2 aromatic rings. The maximum atomic E-state index is 4.29. The Kier molecular flexibility index (Phi) is 6.19. The highest BCUT2D eigenvalue weighted by Crippen LogP contribution is 2.25. The largest absolute Gasteiger partial charge is 0.317 e. The van der Waals surface area contributed by atoms with E-state index in [0.717, 1.165) is 35.9 Å². The molecule has 1 aromatic carbocycles. The molecule has 1 N–H and O–H groups in total. The normalized spacial score (nSPS) is 10.8. The van der Waals surface area contributed by atoms with Crippen LogP contribution in [0.5, 0.6) is 0 Å². The summed E-state index contributed by atoms with van der Waals surface area (Å²) in [7, 11) is 0. The molecule has 5 heteroatoms. The van der Waals surface area contributed by atoms with Crippen LogP contribution in [0.3, 0.4) is 0 Å². The fourth-order valence-electron chi connectivity index (χ4n) is 1.76. The van der Waals surface area contributed by atoms with Crippen molar-refractivity contribution in [1.82, 2.24) is 15.5 Å². The number of rotatable bonds is 7. The molecular weight excluding hydrogens is 369 g/mol. The Bertz CT molecular complexity index is 513. The number of halogens is 1. The van der Waals surface area contributed by atoms with E-state index in [9.17, 15) is 0 Å². The number of benzene rings is 1. The van der Waals surface area contributed by atoms with Crippen LogP contribution in [0, 0.1) is 3.57 Å². The molecule has 19 heavy (non-hydrogen) atoms. The third kappa shape index (κ3) is 4.81. The van der Waals surface area contributed by atoms with Gasteiger partial charge in [0.2, 0.25) is 0 Å². The highest BCUT2D eigenvalue weighted by molar-refractivity contribution is 14.1. The minimum atomic E-state index is 1.01. The van der Waals surface area contributed by atoms with Crippen LogP contribution in [0.1, 0.15) is 24.8 Å². The monoisotopic (exact) mass is 387 g/mol. The highest BCUT2D eigenvalue weighted by Gasteiger charge is 2.06. The quantitative estimate of drug-likeness (QED) is 0.581. The molecular formula is C14H18IN3S. The fraction of sp³-hybridized carbons (Fsp3) is 0.429. The Balaban J connectivity index is 1.88. The van der Waals surface area contributed by atoms with Crippen LogP contribution in [0.2, 0.25) is 0 Å². The van der Waals surface area contributed by atoms with E-state index in [1.807, 2.05) is 0 Å². The molecule has 1 heterocycles. The molecule has 1 aromatic heterocycles. The van der Waals surface area contributed by atoms with Gasteiger partial charge in [-0.2, -0.15) is 0 Å². The van der Waals surface area contributed by atoms with E-state index in [0.29, 0.717) is 0 Å². The summed E-state index contributed by atoms with van der Waals surface area (Å²) in [6.45, 7) is 4.35. The predicted octanol–water partition coefficient (Wildman–Crippen LogP) is 3.74. The first-order chi connectivity index (χ1) is 9.29. The molecule has 0 aliphatic rings. The molecule has 102 valence electrons. The number of hydrogen-bond acceptors (Lipinski definition) is 4. The van der Waals surface area contributed by atoms with Crippen molar-refractivity contribution >= 4 is 33.9 Å². The van der Waals surface area contributed by atoms with Gasteiger partial charge in [0.15, 0.2) is 0 Å². The van der Waals surface area contributed by atoms with Gasteiger partial charge in [-0.25, -0.2) is 0 Å². The molecule has 0 unspecified atom stereocenters. The maximum absolute atomic E-state index is 4.29. The van der Waals surface area contributed by atoms with E-state index < -0.39 is 0 Å². The average Bonchev–Trinajstić information content (AvgIpc) is 2.87. The first-order valence-electron chi connectivity index (χ1n) is 6.58. The van der Waals surface area contributed by atoms with E-state index in [4.69, 9.17) is 0 Å². The standard InChI is InChI=1S/C14H18IN3S/c1-2-8-16-9-4-7-13-17-18-14(19-13)11-5-3-6-12(15)10-11/h3,5-6,10,16H,2,4,7-9H2,1H3. The van der Waals surface area contributed by atoms with E-state index >= 15 is 0 Å². The zero-order valence-electron chi connectivity index (χ0n) is 11.0. The summed E-state index contributed by atoms with van der Waals surface area (Å²) < 4.78 is 1.23. The molecule has 0 radical (unpaired) electrons. The summed E-state index contributed by atoms with van der Waals surface area (Å²) in [6, 6.07) is 8.39. The van der Waals surface area contributed by atoms with E-state index in [2.05, 4.69) is 69.3 Å². The summed E-state index contributed by atoms with van der Waals surface area (Å²) in [5, 5.41) is 14.1. The average molecular weight is 387 g/mol. The number of nitrogens with one attached hydrogen (secondary N) is 1. The van der Waals surface area contributed by atoms with Gasteiger partial charge in [-0.05, 0) is 60.7 Å². The maximum Gasteiger partial charge on any atom is 0.147 e. The van der Waals surface area contributed by atoms with Crippen molar-refractivity contribution < 1.29 is 0 Å². The molecule has 0 saturated heterocycles. The van der Waals surface area contributed by atoms with Gasteiger partial charge in [0.25, 0.3) is 0 Å². The van der Waals surface area contributed by atoms with E-state index in [1.54, 1.807) is 11.3 Å². The summed E-state index contributed by atoms with van der Waals surface area (Å²) >= 11 is 4.03. The van der Waals surface area contributed by atoms with Crippen molar-refractivity contribution in [2.75, 3.05) is 13.1 Å². The van der Waals surface area contributed by atoms with Crippen molar-refractivity contribution in [3.8, 4) is 10.6 Å². The SMILES string of the molecule is CCCNCCCc1nnc(-c2cccc(I)c2)s1. The minimum Gasteiger partial charge on any atom is -0.317 e. The molecule has 0 aliphatic heterocycles. The lowest BCUT2D eigenvalue weighted by atomic mass is 10.2. The molecule has 0 aliphatic carbocycles. The van der Waals surface area contributed by atoms with Gasteiger partial charge in [0.05, 0.1) is 0 Å². The van der Waals surface area contributed by atoms with Gasteiger partial charge < -0.3 is 5.32 Å². The Labute approximate surface area is 132 Å². The van der Waals surface area contributed by atoms with Crippen molar-refractivity contribution in [3.63, 3.8) is 0 Å². The van der Waals surface area contributed by atoms with Gasteiger partial charge in [-0.3, -0.25) is 0 Å². The second kappa shape index (κ2) is 7.91. The number of nitrogens with zero attached hydrogens (tertiary/aromatic N) is 2. The molecule has 0 bridgehead atoms. The molecule has 0 spiro atoms. The van der Waals surface area contributed by atoms with Gasteiger partial charge in [-0.15, -0.1) is 10.2 Å². The minimum absolute atomic E-state index is 1.01. The molecule has 0 fully saturated rings. The van der Waals surface area contributed by atoms with Crippen molar-refractivity contribution in [2.24, 2.45) is 0 Å². The zero-order chi connectivity index (χ0) is 13.5. The first kappa shape index (κ1) is 14.9. The van der Waals surface area contributed by atoms with E-state index in [-0.39, 0.29) is 0 Å². The lowest BCUT2D eigenvalue weighted by Gasteiger charge is -2.00. The third-order valence-corrected chi connectivity index (χ3v) is 4.41. The first-order valence-corrected chi connectivity index (χ1v) is 8.48. The van der Waals surface area contributed by atoms with Crippen LogP contribution in [0.4, 0.5) is 0 Å². The van der Waals surface area contributed by atoms with Crippen molar-refractivity contribution in [2.45, 2.75) is 26.2 Å². The van der Waals surface area contributed by atoms with Crippen molar-refractivity contribution in [3.05, 3.63) is 32.8 Å². The highest BCUT2D eigenvalue weighted by atomic mass is 127. The van der Waals surface area contributed by atoms with Crippen LogP contribution >= 0.6 is 33.9 Å². The lowest BCUT2D eigenvalue weighted by molar-refractivity contribution is 0.637. The Morgan fingerprint density at radius 1 is 1.26 bits per heavy atom. The van der Waals surface area contributed by atoms with E-state index in [1.165, 1.54) is 15.6 Å². The molecule has 3 nitrogen and oxygen atoms in total. The summed E-state index contributed by atoms with van der Waals surface area (Å²) in [4.78, 5) is 0. The Morgan fingerprint density at radius 3 is 2.95 bits per heavy atom. The van der Waals surface area contributed by atoms with Gasteiger partial charge in [0, 0.05) is 15.6 Å². The van der Waals surface area contributed by atoms with Crippen molar-refractivity contribution in [1.29, 1.82) is 0 Å². The zero-order valence-corrected chi connectivity index (χ0v) is 14.0. The summed E-state index contributed by atoms with van der Waals surface area (Å²) in [5.41, 5.74) is 1.17. The second-order valence-corrected chi connectivity index (χ2v) is 6.67.